The van der Waals surface area contributed by atoms with Crippen LogP contribution in [0.5, 0.6) is 0 Å². The summed E-state index contributed by atoms with van der Waals surface area (Å²) in [5, 5.41) is 10.9. The van der Waals surface area contributed by atoms with E-state index >= 15 is 0 Å². The van der Waals surface area contributed by atoms with Crippen LogP contribution in [0.25, 0.3) is 0 Å². The Morgan fingerprint density at radius 3 is 2.53 bits per heavy atom. The summed E-state index contributed by atoms with van der Waals surface area (Å²) in [6, 6.07) is 0.475. The largest absolute Gasteiger partial charge is 0.466 e. The van der Waals surface area contributed by atoms with E-state index in [1.165, 1.54) is 13.2 Å². The molecule has 0 spiro atoms. The molecule has 4 heteroatoms. The van der Waals surface area contributed by atoms with Gasteiger partial charge in [-0.1, -0.05) is 26.0 Å². The van der Waals surface area contributed by atoms with E-state index in [4.69, 9.17) is 5.11 Å². The Hall–Kier alpha value is -1.13. The minimum absolute atomic E-state index is 0.0833. The molecule has 1 heterocycles. The highest BCUT2D eigenvalue weighted by atomic mass is 16.5. The van der Waals surface area contributed by atoms with Gasteiger partial charge in [0.25, 0.3) is 0 Å². The second-order valence-corrected chi connectivity index (χ2v) is 3.21. The van der Waals surface area contributed by atoms with E-state index in [1.54, 1.807) is 0 Å². The molecule has 0 radical (unpaired) electrons. The van der Waals surface area contributed by atoms with Gasteiger partial charge in [0.1, 0.15) is 0 Å². The molecule has 0 fully saturated rings. The van der Waals surface area contributed by atoms with E-state index in [-0.39, 0.29) is 12.6 Å². The van der Waals surface area contributed by atoms with Gasteiger partial charge in [0.05, 0.1) is 13.7 Å². The molecule has 17 heavy (non-hydrogen) atoms. The van der Waals surface area contributed by atoms with Crippen molar-refractivity contribution < 1.29 is 14.6 Å². The Bertz CT molecular complexity index is 237. The van der Waals surface area contributed by atoms with Gasteiger partial charge in [-0.2, -0.15) is 0 Å². The molecule has 0 aromatic rings. The molecule has 1 aliphatic rings. The van der Waals surface area contributed by atoms with E-state index in [1.807, 2.05) is 19.9 Å². The summed E-state index contributed by atoms with van der Waals surface area (Å²) >= 11 is 0. The lowest BCUT2D eigenvalue weighted by molar-refractivity contribution is -0.136. The van der Waals surface area contributed by atoms with Crippen molar-refractivity contribution >= 4 is 5.97 Å². The Balaban J connectivity index is 0. The van der Waals surface area contributed by atoms with Crippen LogP contribution in [0.3, 0.4) is 0 Å². The molecule has 0 saturated carbocycles. The van der Waals surface area contributed by atoms with Crippen LogP contribution in [0.4, 0.5) is 0 Å². The standard InChI is InChI=1S/C8H13NO2.C3H6O.C2H6/c1-6-3-4-7(5-9-6)8(10)11-2;1-2-3-4;1-2/h4,6,9H,3,5H2,1-2H3;2,4H,1,3H2;1-2H3. The highest BCUT2D eigenvalue weighted by Crippen LogP contribution is 2.06. The summed E-state index contributed by atoms with van der Waals surface area (Å²) < 4.78 is 4.58. The summed E-state index contributed by atoms with van der Waals surface area (Å²) in [5.41, 5.74) is 0.741. The summed E-state index contributed by atoms with van der Waals surface area (Å²) in [5.74, 6) is -0.218. The van der Waals surface area contributed by atoms with Gasteiger partial charge in [0.2, 0.25) is 0 Å². The summed E-state index contributed by atoms with van der Waals surface area (Å²) in [7, 11) is 1.40. The Labute approximate surface area is 104 Å². The first-order chi connectivity index (χ1) is 8.15. The molecule has 0 aromatic carbocycles. The number of nitrogens with one attached hydrogen (secondary N) is 1. The molecule has 0 saturated heterocycles. The first kappa shape index (κ1) is 18.2. The third-order valence-corrected chi connectivity index (χ3v) is 1.94. The zero-order valence-corrected chi connectivity index (χ0v) is 11.3. The van der Waals surface area contributed by atoms with Crippen molar-refractivity contribution in [2.45, 2.75) is 33.2 Å². The zero-order valence-electron chi connectivity index (χ0n) is 11.3. The van der Waals surface area contributed by atoms with Gasteiger partial charge >= 0.3 is 5.97 Å². The van der Waals surface area contributed by atoms with E-state index in [0.29, 0.717) is 12.6 Å². The second kappa shape index (κ2) is 12.9. The molecular weight excluding hydrogens is 218 g/mol. The van der Waals surface area contributed by atoms with Crippen LogP contribution in [0.15, 0.2) is 24.3 Å². The van der Waals surface area contributed by atoms with Crippen LogP contribution in [-0.2, 0) is 9.53 Å². The molecule has 1 atom stereocenters. The van der Waals surface area contributed by atoms with Gasteiger partial charge < -0.3 is 15.2 Å². The number of aliphatic hydroxyl groups excluding tert-OH is 1. The van der Waals surface area contributed by atoms with Crippen LogP contribution in [0, 0.1) is 0 Å². The van der Waals surface area contributed by atoms with E-state index in [9.17, 15) is 4.79 Å². The number of aliphatic hydroxyl groups is 1. The summed E-state index contributed by atoms with van der Waals surface area (Å²) in [4.78, 5) is 10.9. The lowest BCUT2D eigenvalue weighted by Gasteiger charge is -2.18. The number of esters is 1. The summed E-state index contributed by atoms with van der Waals surface area (Å²) in [6.07, 6.45) is 4.28. The fourth-order valence-electron chi connectivity index (χ4n) is 1.05. The molecule has 0 amide bonds. The first-order valence-corrected chi connectivity index (χ1v) is 5.88. The average Bonchev–Trinajstić information content (AvgIpc) is 2.41. The van der Waals surface area contributed by atoms with E-state index < -0.39 is 0 Å². The van der Waals surface area contributed by atoms with Crippen LogP contribution in [-0.4, -0.2) is 37.4 Å². The molecule has 1 aliphatic heterocycles. The van der Waals surface area contributed by atoms with Gasteiger partial charge in [-0.25, -0.2) is 4.79 Å². The van der Waals surface area contributed by atoms with Crippen molar-refractivity contribution in [2.24, 2.45) is 0 Å². The Kier molecular flexibility index (Phi) is 13.9. The van der Waals surface area contributed by atoms with Gasteiger partial charge in [0, 0.05) is 18.2 Å². The number of rotatable bonds is 2. The van der Waals surface area contributed by atoms with Gasteiger partial charge in [-0.05, 0) is 13.3 Å². The van der Waals surface area contributed by atoms with Crippen molar-refractivity contribution in [3.63, 3.8) is 0 Å². The SMILES string of the molecule is C=CCO.CC.COC(=O)C1=CCC(C)NC1. The second-order valence-electron chi connectivity index (χ2n) is 3.21. The van der Waals surface area contributed by atoms with E-state index in [2.05, 4.69) is 23.6 Å². The Morgan fingerprint density at radius 1 is 1.71 bits per heavy atom. The smallest absolute Gasteiger partial charge is 0.334 e. The monoisotopic (exact) mass is 243 g/mol. The third kappa shape index (κ3) is 9.78. The summed E-state index contributed by atoms with van der Waals surface area (Å²) in [6.45, 7) is 10.0. The predicted molar refractivity (Wildman–Crippen MR) is 70.8 cm³/mol. The number of ether oxygens (including phenoxy) is 1. The fourth-order valence-corrected chi connectivity index (χ4v) is 1.05. The lowest BCUT2D eigenvalue weighted by Crippen LogP contribution is -2.33. The average molecular weight is 243 g/mol. The maximum absolute atomic E-state index is 10.9. The fraction of sp³-hybridized carbons (Fsp3) is 0.615. The minimum Gasteiger partial charge on any atom is -0.466 e. The predicted octanol–water partition coefficient (Wildman–Crippen LogP) is 1.66. The normalized spacial score (nSPS) is 17.5. The molecule has 1 rings (SSSR count). The van der Waals surface area contributed by atoms with Gasteiger partial charge in [0.15, 0.2) is 0 Å². The van der Waals surface area contributed by atoms with Crippen molar-refractivity contribution in [1.29, 1.82) is 0 Å². The number of hydrogen-bond donors (Lipinski definition) is 2. The number of methoxy groups -OCH3 is 1. The highest BCUT2D eigenvalue weighted by molar-refractivity contribution is 5.88. The van der Waals surface area contributed by atoms with Crippen molar-refractivity contribution in [3.8, 4) is 0 Å². The molecular formula is C13H25NO3. The van der Waals surface area contributed by atoms with E-state index in [0.717, 1.165) is 12.0 Å². The molecule has 0 aromatic heterocycles. The highest BCUT2D eigenvalue weighted by Gasteiger charge is 2.14. The van der Waals surface area contributed by atoms with Crippen LogP contribution < -0.4 is 5.32 Å². The molecule has 4 nitrogen and oxygen atoms in total. The molecule has 0 bridgehead atoms. The topological polar surface area (TPSA) is 58.6 Å². The number of hydrogen-bond acceptors (Lipinski definition) is 4. The lowest BCUT2D eigenvalue weighted by atomic mass is 10.1. The zero-order chi connectivity index (χ0) is 13.7. The third-order valence-electron chi connectivity index (χ3n) is 1.94. The Morgan fingerprint density at radius 2 is 2.24 bits per heavy atom. The minimum atomic E-state index is -0.218. The van der Waals surface area contributed by atoms with Crippen molar-refractivity contribution in [1.82, 2.24) is 5.32 Å². The van der Waals surface area contributed by atoms with Gasteiger partial charge in [-0.3, -0.25) is 0 Å². The molecule has 0 aliphatic carbocycles. The van der Waals surface area contributed by atoms with Crippen molar-refractivity contribution in [2.75, 3.05) is 20.3 Å². The van der Waals surface area contributed by atoms with Gasteiger partial charge in [-0.15, -0.1) is 6.58 Å². The van der Waals surface area contributed by atoms with Crippen LogP contribution in [0.2, 0.25) is 0 Å². The molecule has 100 valence electrons. The maximum atomic E-state index is 10.9. The number of carbonyl (C=O) groups excluding carboxylic acids is 1. The first-order valence-electron chi connectivity index (χ1n) is 5.88. The van der Waals surface area contributed by atoms with Crippen LogP contribution in [0.1, 0.15) is 27.2 Å². The maximum Gasteiger partial charge on any atom is 0.334 e. The van der Waals surface area contributed by atoms with Crippen LogP contribution >= 0.6 is 0 Å². The molecule has 1 unspecified atom stereocenters. The molecule has 2 N–H and O–H groups in total. The quantitative estimate of drug-likeness (QED) is 0.572. The van der Waals surface area contributed by atoms with Crippen molar-refractivity contribution in [3.05, 3.63) is 24.3 Å². The number of carbonyl (C=O) groups is 1.